The molecule has 6 heteroatoms. The predicted octanol–water partition coefficient (Wildman–Crippen LogP) is 3.97. The smallest absolute Gasteiger partial charge is 0.238 e. The number of rotatable bonds is 3. The summed E-state index contributed by atoms with van der Waals surface area (Å²) in [7, 11) is 1.67. The van der Waals surface area contributed by atoms with Crippen molar-refractivity contribution >= 4 is 45.1 Å². The summed E-state index contributed by atoms with van der Waals surface area (Å²) in [6.07, 6.45) is 0.846. The highest BCUT2D eigenvalue weighted by atomic mass is 127. The molecule has 1 aromatic heterocycles. The van der Waals surface area contributed by atoms with E-state index in [-0.39, 0.29) is 11.8 Å². The number of halogens is 1. The zero-order valence-electron chi connectivity index (χ0n) is 14.5. The number of anilines is 1. The first-order chi connectivity index (χ1) is 12.6. The van der Waals surface area contributed by atoms with E-state index in [4.69, 9.17) is 4.74 Å². The Hall–Kier alpha value is -2.09. The van der Waals surface area contributed by atoms with Crippen molar-refractivity contribution in [3.8, 4) is 5.75 Å². The summed E-state index contributed by atoms with van der Waals surface area (Å²) in [6, 6.07) is 12.4. The van der Waals surface area contributed by atoms with Crippen LogP contribution in [0.5, 0.6) is 5.75 Å². The Morgan fingerprint density at radius 2 is 2.19 bits per heavy atom. The van der Waals surface area contributed by atoms with Gasteiger partial charge in [0, 0.05) is 23.5 Å². The van der Waals surface area contributed by atoms with E-state index in [9.17, 15) is 4.79 Å². The Bertz CT molecular complexity index is 1060. The third-order valence-corrected chi connectivity index (χ3v) is 6.64. The van der Waals surface area contributed by atoms with Crippen LogP contribution in [0.1, 0.15) is 30.4 Å². The number of hydrogen-bond acceptors (Lipinski definition) is 3. The zero-order valence-corrected chi connectivity index (χ0v) is 16.7. The minimum Gasteiger partial charge on any atom is -0.497 e. The first kappa shape index (κ1) is 16.1. The molecule has 0 saturated heterocycles. The topological polar surface area (TPSA) is 58.2 Å². The molecule has 1 saturated carbocycles. The van der Waals surface area contributed by atoms with Crippen LogP contribution in [0.25, 0.3) is 10.9 Å². The number of nitrogens with zero attached hydrogens (tertiary/aromatic N) is 2. The van der Waals surface area contributed by atoms with Crippen LogP contribution in [0.15, 0.2) is 36.4 Å². The van der Waals surface area contributed by atoms with E-state index in [1.807, 2.05) is 30.0 Å². The molecule has 3 aromatic rings. The maximum absolute atomic E-state index is 13.3. The summed E-state index contributed by atoms with van der Waals surface area (Å²) in [4.78, 5) is 15.2. The minimum absolute atomic E-state index is 0.197. The number of aromatic nitrogens is 2. The van der Waals surface area contributed by atoms with E-state index in [0.29, 0.717) is 6.54 Å². The maximum Gasteiger partial charge on any atom is 0.238 e. The number of aromatic amines is 1. The summed E-state index contributed by atoms with van der Waals surface area (Å²) in [5.74, 6) is 1.22. The van der Waals surface area contributed by atoms with E-state index in [2.05, 4.69) is 51.0 Å². The number of ether oxygens (including phenoxy) is 1. The maximum atomic E-state index is 13.3. The number of methoxy groups -OCH3 is 1. The van der Waals surface area contributed by atoms with Gasteiger partial charge in [0.2, 0.25) is 5.91 Å². The number of amides is 1. The number of fused-ring (bicyclic) bond motifs is 3. The third-order valence-electron chi connectivity index (χ3n) is 5.82. The summed E-state index contributed by atoms with van der Waals surface area (Å²) in [5, 5.41) is 8.48. The summed E-state index contributed by atoms with van der Waals surface area (Å²) < 4.78 is 6.39. The molecule has 0 unspecified atom stereocenters. The van der Waals surface area contributed by atoms with Gasteiger partial charge in [-0.05, 0) is 77.4 Å². The van der Waals surface area contributed by atoms with Crippen molar-refractivity contribution in [2.24, 2.45) is 0 Å². The van der Waals surface area contributed by atoms with Crippen LogP contribution in [0, 0.1) is 3.70 Å². The van der Waals surface area contributed by atoms with E-state index >= 15 is 0 Å². The average Bonchev–Trinajstić information content (AvgIpc) is 3.26. The van der Waals surface area contributed by atoms with Crippen LogP contribution >= 0.6 is 22.6 Å². The lowest BCUT2D eigenvalue weighted by Gasteiger charge is -2.15. The third kappa shape index (κ3) is 1.96. The van der Waals surface area contributed by atoms with Gasteiger partial charge in [0.05, 0.1) is 18.0 Å². The number of nitrogens with one attached hydrogen (secondary N) is 1. The second kappa shape index (κ2) is 5.45. The zero-order chi connectivity index (χ0) is 18.1. The highest BCUT2D eigenvalue weighted by molar-refractivity contribution is 14.1. The van der Waals surface area contributed by atoms with Crippen LogP contribution < -0.4 is 9.64 Å². The molecule has 2 atom stereocenters. The molecule has 1 fully saturated rings. The molecule has 1 spiro atoms. The highest BCUT2D eigenvalue weighted by Crippen LogP contribution is 2.66. The van der Waals surface area contributed by atoms with Crippen molar-refractivity contribution in [2.45, 2.75) is 24.7 Å². The van der Waals surface area contributed by atoms with Crippen molar-refractivity contribution in [2.75, 3.05) is 18.6 Å². The van der Waals surface area contributed by atoms with Crippen LogP contribution in [-0.2, 0) is 10.2 Å². The molecule has 1 N–H and O–H groups in total. The second-order valence-electron chi connectivity index (χ2n) is 6.98. The van der Waals surface area contributed by atoms with E-state index in [1.54, 1.807) is 7.11 Å². The number of H-pyrrole nitrogens is 1. The number of benzene rings is 2. The minimum atomic E-state index is -0.444. The first-order valence-corrected chi connectivity index (χ1v) is 9.82. The number of carbonyl (C=O) groups excluding carboxylic acids is 1. The summed E-state index contributed by atoms with van der Waals surface area (Å²) in [6.45, 7) is 2.71. The molecule has 5 nitrogen and oxygen atoms in total. The predicted molar refractivity (Wildman–Crippen MR) is 109 cm³/mol. The van der Waals surface area contributed by atoms with Gasteiger partial charge < -0.3 is 9.64 Å². The lowest BCUT2D eigenvalue weighted by atomic mass is 9.91. The lowest BCUT2D eigenvalue weighted by molar-refractivity contribution is -0.120. The van der Waals surface area contributed by atoms with Crippen LogP contribution in [0.4, 0.5) is 5.69 Å². The van der Waals surface area contributed by atoms with Crippen LogP contribution in [-0.4, -0.2) is 29.8 Å². The Morgan fingerprint density at radius 1 is 1.35 bits per heavy atom. The summed E-state index contributed by atoms with van der Waals surface area (Å²) >= 11 is 2.23. The van der Waals surface area contributed by atoms with E-state index in [1.165, 1.54) is 5.56 Å². The van der Waals surface area contributed by atoms with Gasteiger partial charge in [-0.15, -0.1) is 0 Å². The van der Waals surface area contributed by atoms with E-state index in [0.717, 1.165) is 38.0 Å². The standard InChI is InChI=1S/C20H18IN3O2/c1-3-24-17-7-5-12(26-2)9-14(17)20(19(24)25)10-15(20)11-4-6-13-16(8-11)22-23-18(13)21/h4-9,15H,3,10H2,1-2H3,(H,22,23)/t15-,20-/m0/s1. The van der Waals surface area contributed by atoms with E-state index < -0.39 is 5.41 Å². The second-order valence-corrected chi connectivity index (χ2v) is 8.00. The lowest BCUT2D eigenvalue weighted by Crippen LogP contribution is -2.32. The molecule has 0 bridgehead atoms. The quantitative estimate of drug-likeness (QED) is 0.604. The Balaban J connectivity index is 1.62. The monoisotopic (exact) mass is 459 g/mol. The highest BCUT2D eigenvalue weighted by Gasteiger charge is 2.67. The SMILES string of the molecule is CCN1C(=O)[C@@]2(C[C@H]2c2ccc3c(I)n[nH]c3c2)c2cc(OC)ccc21. The van der Waals surface area contributed by atoms with Crippen LogP contribution in [0.3, 0.4) is 0 Å². The van der Waals surface area contributed by atoms with Gasteiger partial charge >= 0.3 is 0 Å². The first-order valence-electron chi connectivity index (χ1n) is 8.74. The Kier molecular flexibility index (Phi) is 3.38. The molecule has 2 aliphatic rings. The van der Waals surface area contributed by atoms with Crippen molar-refractivity contribution in [1.82, 2.24) is 10.2 Å². The number of likely N-dealkylation sites (N-methyl/N-ethyl adjacent to an activating group) is 1. The van der Waals surface area contributed by atoms with Crippen molar-refractivity contribution in [3.63, 3.8) is 0 Å². The van der Waals surface area contributed by atoms with Gasteiger partial charge in [-0.1, -0.05) is 6.07 Å². The summed E-state index contributed by atoms with van der Waals surface area (Å²) in [5.41, 5.74) is 3.90. The fraction of sp³-hybridized carbons (Fsp3) is 0.300. The number of carbonyl (C=O) groups is 1. The molecular weight excluding hydrogens is 441 g/mol. The molecule has 1 aliphatic carbocycles. The molecule has 5 rings (SSSR count). The number of hydrogen-bond donors (Lipinski definition) is 1. The van der Waals surface area contributed by atoms with Gasteiger partial charge in [0.25, 0.3) is 0 Å². The Morgan fingerprint density at radius 3 is 2.96 bits per heavy atom. The molecule has 2 heterocycles. The fourth-order valence-corrected chi connectivity index (χ4v) is 5.03. The van der Waals surface area contributed by atoms with Gasteiger partial charge in [0.1, 0.15) is 9.45 Å². The average molecular weight is 459 g/mol. The van der Waals surface area contributed by atoms with Crippen molar-refractivity contribution < 1.29 is 9.53 Å². The molecule has 26 heavy (non-hydrogen) atoms. The van der Waals surface area contributed by atoms with Gasteiger partial charge in [-0.25, -0.2) is 0 Å². The van der Waals surface area contributed by atoms with Crippen molar-refractivity contribution in [3.05, 3.63) is 51.2 Å². The largest absolute Gasteiger partial charge is 0.497 e. The molecular formula is C20H18IN3O2. The fourth-order valence-electron chi connectivity index (χ4n) is 4.43. The normalized spacial score (nSPS) is 23.7. The molecule has 0 radical (unpaired) electrons. The Labute approximate surface area is 164 Å². The van der Waals surface area contributed by atoms with Gasteiger partial charge in [-0.2, -0.15) is 5.10 Å². The molecule has 2 aromatic carbocycles. The van der Waals surface area contributed by atoms with Gasteiger partial charge in [0.15, 0.2) is 0 Å². The molecule has 132 valence electrons. The van der Waals surface area contributed by atoms with Crippen LogP contribution in [0.2, 0.25) is 0 Å². The van der Waals surface area contributed by atoms with Gasteiger partial charge in [-0.3, -0.25) is 9.89 Å². The molecule has 1 aliphatic heterocycles. The van der Waals surface area contributed by atoms with Crippen molar-refractivity contribution in [1.29, 1.82) is 0 Å². The molecule has 1 amide bonds.